The molecule has 1 saturated heterocycles. The van der Waals surface area contributed by atoms with Gasteiger partial charge in [-0.25, -0.2) is 4.98 Å². The van der Waals surface area contributed by atoms with Crippen molar-refractivity contribution in [3.8, 4) is 0 Å². The predicted octanol–water partition coefficient (Wildman–Crippen LogP) is 1.81. The Hall–Kier alpha value is -0.490. The summed E-state index contributed by atoms with van der Waals surface area (Å²) in [6.45, 7) is 3.45. The number of nitrogens with zero attached hydrogens (tertiary/aromatic N) is 1. The lowest BCUT2D eigenvalue weighted by Gasteiger charge is -2.33. The molecular weight excluding hydrogens is 224 g/mol. The molecule has 1 atom stereocenters. The average Bonchev–Trinajstić information content (AvgIpc) is 2.80. The first-order valence-electron chi connectivity index (χ1n) is 5.52. The quantitative estimate of drug-likeness (QED) is 0.878. The van der Waals surface area contributed by atoms with E-state index in [1.807, 2.05) is 13.1 Å². The Morgan fingerprint density at radius 3 is 2.75 bits per heavy atom. The van der Waals surface area contributed by atoms with E-state index in [2.05, 4.69) is 4.98 Å². The highest BCUT2D eigenvalue weighted by atomic mass is 32.1. The van der Waals surface area contributed by atoms with Crippen molar-refractivity contribution in [1.82, 2.24) is 4.98 Å². The number of rotatable bonds is 3. The minimum Gasteiger partial charge on any atom is -0.381 e. The molecule has 16 heavy (non-hydrogen) atoms. The van der Waals surface area contributed by atoms with Gasteiger partial charge >= 0.3 is 0 Å². The predicted molar refractivity (Wildman–Crippen MR) is 63.5 cm³/mol. The Kier molecular flexibility index (Phi) is 3.59. The molecule has 1 fully saturated rings. The summed E-state index contributed by atoms with van der Waals surface area (Å²) < 4.78 is 11.1. The van der Waals surface area contributed by atoms with Crippen molar-refractivity contribution >= 4 is 11.3 Å². The van der Waals surface area contributed by atoms with Crippen LogP contribution in [-0.2, 0) is 15.1 Å². The summed E-state index contributed by atoms with van der Waals surface area (Å²) in [5.41, 5.74) is 5.59. The maximum atomic E-state index is 5.85. The lowest BCUT2D eigenvalue weighted by molar-refractivity contribution is -0.0948. The molecule has 0 spiro atoms. The summed E-state index contributed by atoms with van der Waals surface area (Å²) in [5, 5.41) is 1.03. The van der Waals surface area contributed by atoms with Crippen LogP contribution in [0.15, 0.2) is 6.20 Å². The zero-order valence-corrected chi connectivity index (χ0v) is 10.5. The molecule has 0 bridgehead atoms. The fourth-order valence-electron chi connectivity index (χ4n) is 1.91. The fourth-order valence-corrected chi connectivity index (χ4v) is 3.01. The van der Waals surface area contributed by atoms with Crippen LogP contribution in [0, 0.1) is 0 Å². The Morgan fingerprint density at radius 2 is 2.25 bits per heavy atom. The monoisotopic (exact) mass is 242 g/mol. The van der Waals surface area contributed by atoms with Crippen LogP contribution in [0.4, 0.5) is 0 Å². The molecule has 0 aromatic carbocycles. The molecule has 0 radical (unpaired) electrons. The number of thiazole rings is 1. The minimum absolute atomic E-state index is 0.0417. The van der Waals surface area contributed by atoms with Gasteiger partial charge in [-0.2, -0.15) is 0 Å². The Labute approximate surface area is 99.8 Å². The van der Waals surface area contributed by atoms with Crippen LogP contribution >= 0.6 is 11.3 Å². The molecule has 90 valence electrons. The van der Waals surface area contributed by atoms with Crippen molar-refractivity contribution < 1.29 is 9.47 Å². The van der Waals surface area contributed by atoms with E-state index in [-0.39, 0.29) is 11.6 Å². The summed E-state index contributed by atoms with van der Waals surface area (Å²) in [6.07, 6.45) is 3.60. The lowest BCUT2D eigenvalue weighted by Crippen LogP contribution is -2.35. The maximum absolute atomic E-state index is 5.85. The van der Waals surface area contributed by atoms with Crippen molar-refractivity contribution in [2.24, 2.45) is 5.73 Å². The number of ether oxygens (including phenoxy) is 2. The van der Waals surface area contributed by atoms with Gasteiger partial charge in [0.05, 0.1) is 0 Å². The first kappa shape index (κ1) is 12.0. The molecule has 4 nitrogen and oxygen atoms in total. The number of aromatic nitrogens is 1. The van der Waals surface area contributed by atoms with Gasteiger partial charge < -0.3 is 15.2 Å². The van der Waals surface area contributed by atoms with Crippen LogP contribution in [-0.4, -0.2) is 25.3 Å². The van der Waals surface area contributed by atoms with E-state index in [1.165, 1.54) is 0 Å². The van der Waals surface area contributed by atoms with E-state index < -0.39 is 0 Å². The smallest absolute Gasteiger partial charge is 0.125 e. The van der Waals surface area contributed by atoms with Crippen molar-refractivity contribution in [3.05, 3.63) is 16.1 Å². The second-order valence-electron chi connectivity index (χ2n) is 4.17. The maximum Gasteiger partial charge on any atom is 0.125 e. The summed E-state index contributed by atoms with van der Waals surface area (Å²) in [7, 11) is 1.75. The average molecular weight is 242 g/mol. The number of methoxy groups -OCH3 is 1. The topological polar surface area (TPSA) is 57.4 Å². The molecule has 1 unspecified atom stereocenters. The molecule has 2 rings (SSSR count). The van der Waals surface area contributed by atoms with Gasteiger partial charge in [0.25, 0.3) is 0 Å². The van der Waals surface area contributed by atoms with Crippen molar-refractivity contribution in [1.29, 1.82) is 0 Å². The van der Waals surface area contributed by atoms with Gasteiger partial charge in [-0.1, -0.05) is 0 Å². The second kappa shape index (κ2) is 4.79. The first-order chi connectivity index (χ1) is 7.68. The molecule has 1 aromatic rings. The number of hydrogen-bond donors (Lipinski definition) is 1. The molecule has 2 N–H and O–H groups in total. The zero-order valence-electron chi connectivity index (χ0n) is 9.73. The van der Waals surface area contributed by atoms with E-state index in [4.69, 9.17) is 15.2 Å². The van der Waals surface area contributed by atoms with Gasteiger partial charge in [-0.05, 0) is 6.92 Å². The SMILES string of the molecule is COC1(c2ncc(C(C)N)s2)CCOCC1. The van der Waals surface area contributed by atoms with Crippen LogP contribution in [0.3, 0.4) is 0 Å². The Balaban J connectivity index is 2.25. The lowest BCUT2D eigenvalue weighted by atomic mass is 9.95. The van der Waals surface area contributed by atoms with Gasteiger partial charge in [0, 0.05) is 50.3 Å². The summed E-state index contributed by atoms with van der Waals surface area (Å²) in [4.78, 5) is 5.57. The zero-order chi connectivity index (χ0) is 11.6. The summed E-state index contributed by atoms with van der Waals surface area (Å²) in [5.74, 6) is 0. The van der Waals surface area contributed by atoms with E-state index >= 15 is 0 Å². The van der Waals surface area contributed by atoms with Crippen LogP contribution in [0.5, 0.6) is 0 Å². The molecule has 0 amide bonds. The molecule has 0 aliphatic carbocycles. The fraction of sp³-hybridized carbons (Fsp3) is 0.727. The summed E-state index contributed by atoms with van der Waals surface area (Å²) >= 11 is 1.65. The molecule has 2 heterocycles. The third kappa shape index (κ3) is 2.13. The largest absolute Gasteiger partial charge is 0.381 e. The van der Waals surface area contributed by atoms with Crippen LogP contribution in [0.1, 0.15) is 35.7 Å². The van der Waals surface area contributed by atoms with Crippen LogP contribution < -0.4 is 5.73 Å². The molecule has 1 aliphatic heterocycles. The standard InChI is InChI=1S/C11H18N2O2S/c1-8(12)9-7-13-10(16-9)11(14-2)3-5-15-6-4-11/h7-8H,3-6,12H2,1-2H3. The van der Waals surface area contributed by atoms with Crippen LogP contribution in [0.25, 0.3) is 0 Å². The minimum atomic E-state index is -0.254. The van der Waals surface area contributed by atoms with Gasteiger partial charge in [-0.15, -0.1) is 11.3 Å². The highest BCUT2D eigenvalue weighted by molar-refractivity contribution is 7.11. The van der Waals surface area contributed by atoms with Gasteiger partial charge in [0.15, 0.2) is 0 Å². The third-order valence-corrected chi connectivity index (χ3v) is 4.44. The molecule has 5 heteroatoms. The third-order valence-electron chi connectivity index (χ3n) is 3.05. The first-order valence-corrected chi connectivity index (χ1v) is 6.34. The molecular formula is C11H18N2O2S. The van der Waals surface area contributed by atoms with Crippen molar-refractivity contribution in [2.75, 3.05) is 20.3 Å². The molecule has 1 aliphatic rings. The molecule has 1 aromatic heterocycles. The van der Waals surface area contributed by atoms with Crippen molar-refractivity contribution in [2.45, 2.75) is 31.4 Å². The van der Waals surface area contributed by atoms with E-state index in [1.54, 1.807) is 18.4 Å². The Morgan fingerprint density at radius 1 is 1.56 bits per heavy atom. The summed E-state index contributed by atoms with van der Waals surface area (Å²) in [6, 6.07) is 0.0417. The van der Waals surface area contributed by atoms with E-state index in [0.717, 1.165) is 35.9 Å². The Bertz CT molecular complexity index is 346. The normalized spacial score (nSPS) is 21.9. The second-order valence-corrected chi connectivity index (χ2v) is 5.23. The van der Waals surface area contributed by atoms with Gasteiger partial charge in [0.2, 0.25) is 0 Å². The van der Waals surface area contributed by atoms with E-state index in [0.29, 0.717) is 0 Å². The van der Waals surface area contributed by atoms with Crippen molar-refractivity contribution in [3.63, 3.8) is 0 Å². The molecule has 0 saturated carbocycles. The highest BCUT2D eigenvalue weighted by Gasteiger charge is 2.37. The number of nitrogens with two attached hydrogens (primary N) is 1. The number of hydrogen-bond acceptors (Lipinski definition) is 5. The van der Waals surface area contributed by atoms with Gasteiger partial charge in [0.1, 0.15) is 10.6 Å². The van der Waals surface area contributed by atoms with E-state index in [9.17, 15) is 0 Å². The highest BCUT2D eigenvalue weighted by Crippen LogP contribution is 2.38. The van der Waals surface area contributed by atoms with Crippen LogP contribution in [0.2, 0.25) is 0 Å². The van der Waals surface area contributed by atoms with Gasteiger partial charge in [-0.3, -0.25) is 0 Å².